The van der Waals surface area contributed by atoms with Gasteiger partial charge in [0.15, 0.2) is 6.10 Å². The van der Waals surface area contributed by atoms with Gasteiger partial charge < -0.3 is 20.1 Å². The zero-order valence-electron chi connectivity index (χ0n) is 49.9. The molecule has 78 heavy (non-hydrogen) atoms. The first kappa shape index (κ1) is 74.4. The van der Waals surface area contributed by atoms with Gasteiger partial charge in [-0.2, -0.15) is 0 Å². The van der Waals surface area contributed by atoms with E-state index in [0.717, 1.165) is 116 Å². The van der Waals surface area contributed by atoms with Crippen LogP contribution in [0.15, 0.2) is 122 Å². The Balaban J connectivity index is 3.95. The lowest BCUT2D eigenvalue weighted by atomic mass is 10.0. The second-order valence-electron chi connectivity index (χ2n) is 20.5. The minimum absolute atomic E-state index is 0.0480. The summed E-state index contributed by atoms with van der Waals surface area (Å²) < 4.78 is 33.1. The highest BCUT2D eigenvalue weighted by Gasteiger charge is 2.26. The van der Waals surface area contributed by atoms with Crippen molar-refractivity contribution in [2.24, 2.45) is 5.73 Å². The van der Waals surface area contributed by atoms with E-state index in [9.17, 15) is 19.0 Å². The van der Waals surface area contributed by atoms with Gasteiger partial charge in [0.1, 0.15) is 6.61 Å². The Bertz CT molecular complexity index is 1690. The van der Waals surface area contributed by atoms with E-state index >= 15 is 0 Å². The number of rotatable bonds is 58. The molecule has 0 aromatic carbocycles. The van der Waals surface area contributed by atoms with Crippen LogP contribution in [0.2, 0.25) is 0 Å². The predicted octanol–water partition coefficient (Wildman–Crippen LogP) is 20.3. The van der Waals surface area contributed by atoms with Gasteiger partial charge in [-0.05, 0) is 109 Å². The number of hydrogen-bond donors (Lipinski definition) is 2. The van der Waals surface area contributed by atoms with Crippen LogP contribution < -0.4 is 5.73 Å². The van der Waals surface area contributed by atoms with Gasteiger partial charge in [0.25, 0.3) is 0 Å². The molecule has 0 aliphatic rings. The normalized spacial score (nSPS) is 13.8. The summed E-state index contributed by atoms with van der Waals surface area (Å²) in [6.07, 6.45) is 86.9. The SMILES string of the molecule is CC/C=C\C/C=C\C/C=C\C/C=C\C/C=C\C/C=C\C/C=C\C/C=C\C/C=C\CCCCCCCCCCCCCC(=O)OC(COC(=O)CCCCCCCCC/C=C\CCCCCCCCC)COP(=O)(O)OCCN. The molecule has 0 aromatic rings. The quantitative estimate of drug-likeness (QED) is 0.0264. The molecule has 0 spiro atoms. The molecular weight excluding hydrogens is 990 g/mol. The van der Waals surface area contributed by atoms with Gasteiger partial charge in [0.05, 0.1) is 13.2 Å². The van der Waals surface area contributed by atoms with Crippen LogP contribution in [0.25, 0.3) is 0 Å². The number of esters is 2. The number of hydrogen-bond acceptors (Lipinski definition) is 8. The summed E-state index contributed by atoms with van der Waals surface area (Å²) in [5, 5.41) is 0. The Morgan fingerprint density at radius 3 is 1.06 bits per heavy atom. The maximum Gasteiger partial charge on any atom is 0.472 e. The molecule has 0 aliphatic heterocycles. The number of allylic oxidation sites excluding steroid dienone is 20. The van der Waals surface area contributed by atoms with Gasteiger partial charge in [0, 0.05) is 19.4 Å². The lowest BCUT2D eigenvalue weighted by Crippen LogP contribution is -2.29. The second-order valence-corrected chi connectivity index (χ2v) is 22.0. The molecule has 0 heterocycles. The Kier molecular flexibility index (Phi) is 59.7. The highest BCUT2D eigenvalue weighted by molar-refractivity contribution is 7.47. The van der Waals surface area contributed by atoms with Crippen LogP contribution in [0.3, 0.4) is 0 Å². The van der Waals surface area contributed by atoms with Crippen molar-refractivity contribution in [3.8, 4) is 0 Å². The fraction of sp³-hybridized carbons (Fsp3) is 0.676. The molecule has 0 saturated heterocycles. The number of ether oxygens (including phenoxy) is 2. The lowest BCUT2D eigenvalue weighted by Gasteiger charge is -2.19. The minimum Gasteiger partial charge on any atom is -0.462 e. The summed E-state index contributed by atoms with van der Waals surface area (Å²) in [7, 11) is -4.40. The van der Waals surface area contributed by atoms with Crippen LogP contribution in [-0.2, 0) is 32.7 Å². The smallest absolute Gasteiger partial charge is 0.462 e. The van der Waals surface area contributed by atoms with Crippen molar-refractivity contribution < 1.29 is 37.6 Å². The Morgan fingerprint density at radius 2 is 0.705 bits per heavy atom. The van der Waals surface area contributed by atoms with Gasteiger partial charge in [-0.3, -0.25) is 18.6 Å². The van der Waals surface area contributed by atoms with E-state index in [-0.39, 0.29) is 38.6 Å². The van der Waals surface area contributed by atoms with Gasteiger partial charge >= 0.3 is 19.8 Å². The number of carbonyl (C=O) groups excluding carboxylic acids is 2. The van der Waals surface area contributed by atoms with Crippen LogP contribution in [0, 0.1) is 0 Å². The van der Waals surface area contributed by atoms with Crippen molar-refractivity contribution in [3.05, 3.63) is 122 Å². The summed E-state index contributed by atoms with van der Waals surface area (Å²) in [4.78, 5) is 35.2. The maximum absolute atomic E-state index is 12.7. The average molecular weight is 1110 g/mol. The molecular formula is C68H116NO8P. The van der Waals surface area contributed by atoms with Crippen molar-refractivity contribution in [2.75, 3.05) is 26.4 Å². The molecule has 9 nitrogen and oxygen atoms in total. The van der Waals surface area contributed by atoms with Crippen molar-refractivity contribution >= 4 is 19.8 Å². The Morgan fingerprint density at radius 1 is 0.397 bits per heavy atom. The summed E-state index contributed by atoms with van der Waals surface area (Å²) >= 11 is 0. The number of nitrogens with two attached hydrogens (primary N) is 1. The highest BCUT2D eigenvalue weighted by atomic mass is 31.2. The third-order valence-corrected chi connectivity index (χ3v) is 14.1. The van der Waals surface area contributed by atoms with Crippen LogP contribution in [-0.4, -0.2) is 49.3 Å². The summed E-state index contributed by atoms with van der Waals surface area (Å²) in [6, 6.07) is 0. The molecule has 3 N–H and O–H groups in total. The van der Waals surface area contributed by atoms with Gasteiger partial charge in [-0.15, -0.1) is 0 Å². The van der Waals surface area contributed by atoms with E-state index in [4.69, 9.17) is 24.3 Å². The average Bonchev–Trinajstić information content (AvgIpc) is 3.43. The standard InChI is InChI=1S/C68H116NO8P/c1-3-5-7-9-11-13-15-17-19-21-23-24-25-26-27-28-29-30-31-32-33-34-35-36-37-38-39-40-41-42-43-45-47-49-51-53-55-57-59-61-68(71)77-66(65-76-78(72,73)75-63-62-69)64-74-67(70)60-58-56-54-52-50-48-46-44-22-20-18-16-14-12-10-8-6-4-2/h5,7,11,13,17,19-20,22-24,26-27,29-30,32-33,35-36,38-39,66H,3-4,6,8-10,12,14-16,18,21,25,28,31,34,37,40-65,69H2,1-2H3,(H,72,73)/b7-5-,13-11-,19-17-,22-20-,24-23-,27-26-,30-29-,33-32-,36-35-,39-38-. The minimum atomic E-state index is -4.40. The first-order valence-corrected chi connectivity index (χ1v) is 33.0. The molecule has 0 rings (SSSR count). The van der Waals surface area contributed by atoms with Crippen molar-refractivity contribution in [3.63, 3.8) is 0 Å². The van der Waals surface area contributed by atoms with E-state index in [1.807, 2.05) is 0 Å². The number of carbonyl (C=O) groups is 2. The second kappa shape index (κ2) is 62.6. The van der Waals surface area contributed by atoms with Crippen molar-refractivity contribution in [1.82, 2.24) is 0 Å². The van der Waals surface area contributed by atoms with Crippen LogP contribution in [0.4, 0.5) is 0 Å². The molecule has 0 bridgehead atoms. The first-order chi connectivity index (χ1) is 38.3. The predicted molar refractivity (Wildman–Crippen MR) is 334 cm³/mol. The van der Waals surface area contributed by atoms with E-state index in [1.54, 1.807) is 0 Å². The third-order valence-electron chi connectivity index (χ3n) is 13.1. The highest BCUT2D eigenvalue weighted by Crippen LogP contribution is 2.43. The lowest BCUT2D eigenvalue weighted by molar-refractivity contribution is -0.161. The Hall–Kier alpha value is -3.59. The zero-order valence-corrected chi connectivity index (χ0v) is 50.8. The molecule has 0 saturated carbocycles. The molecule has 0 aliphatic carbocycles. The van der Waals surface area contributed by atoms with Crippen molar-refractivity contribution in [2.45, 2.75) is 270 Å². The number of phosphoric ester groups is 1. The largest absolute Gasteiger partial charge is 0.472 e. The summed E-state index contributed by atoms with van der Waals surface area (Å²) in [5.74, 6) is -0.837. The molecule has 2 unspecified atom stereocenters. The molecule has 0 aromatic heterocycles. The topological polar surface area (TPSA) is 134 Å². The van der Waals surface area contributed by atoms with E-state index in [0.29, 0.717) is 6.42 Å². The fourth-order valence-corrected chi connectivity index (χ4v) is 9.21. The van der Waals surface area contributed by atoms with Crippen LogP contribution in [0.1, 0.15) is 264 Å². The fourth-order valence-electron chi connectivity index (χ4n) is 8.45. The monoisotopic (exact) mass is 1110 g/mol. The summed E-state index contributed by atoms with van der Waals surface area (Å²) in [5.41, 5.74) is 5.39. The van der Waals surface area contributed by atoms with Crippen molar-refractivity contribution in [1.29, 1.82) is 0 Å². The molecule has 446 valence electrons. The van der Waals surface area contributed by atoms with E-state index in [2.05, 4.69) is 135 Å². The molecule has 0 fully saturated rings. The molecule has 0 amide bonds. The van der Waals surface area contributed by atoms with Crippen LogP contribution in [0.5, 0.6) is 0 Å². The zero-order chi connectivity index (χ0) is 56.6. The van der Waals surface area contributed by atoms with Gasteiger partial charge in [-0.1, -0.05) is 264 Å². The van der Waals surface area contributed by atoms with Gasteiger partial charge in [0.2, 0.25) is 0 Å². The Labute approximate surface area is 479 Å². The van der Waals surface area contributed by atoms with E-state index in [1.165, 1.54) is 116 Å². The van der Waals surface area contributed by atoms with Crippen LogP contribution >= 0.6 is 7.82 Å². The third kappa shape index (κ3) is 61.6. The molecule has 0 radical (unpaired) electrons. The molecule has 2 atom stereocenters. The maximum atomic E-state index is 12.7. The number of unbranched alkanes of at least 4 members (excludes halogenated alkanes) is 25. The van der Waals surface area contributed by atoms with E-state index < -0.39 is 26.5 Å². The molecule has 10 heteroatoms. The van der Waals surface area contributed by atoms with Gasteiger partial charge in [-0.25, -0.2) is 4.57 Å². The summed E-state index contributed by atoms with van der Waals surface area (Å²) in [6.45, 7) is 3.63. The first-order valence-electron chi connectivity index (χ1n) is 31.5. The number of phosphoric acid groups is 1.